The molecule has 0 radical (unpaired) electrons. The fraction of sp³-hybridized carbons (Fsp3) is 0.167. The van der Waals surface area contributed by atoms with Gasteiger partial charge in [-0.15, -0.1) is 12.4 Å². The summed E-state index contributed by atoms with van der Waals surface area (Å²) < 4.78 is 22.9. The van der Waals surface area contributed by atoms with E-state index in [1.807, 2.05) is 36.4 Å². The van der Waals surface area contributed by atoms with Crippen molar-refractivity contribution in [2.24, 2.45) is 5.73 Å². The van der Waals surface area contributed by atoms with E-state index in [1.165, 1.54) is 12.1 Å². The fourth-order valence-corrected chi connectivity index (χ4v) is 7.23. The second-order valence-corrected chi connectivity index (χ2v) is 14.7. The number of ether oxygens (including phenoxy) is 4. The molecule has 2 aliphatic rings. The molecule has 8 aromatic rings. The van der Waals surface area contributed by atoms with Crippen molar-refractivity contribution in [3.8, 4) is 45.8 Å². The van der Waals surface area contributed by atoms with Crippen LogP contribution in [0.15, 0.2) is 134 Å². The van der Waals surface area contributed by atoms with Gasteiger partial charge in [-0.05, 0) is 84.9 Å². The lowest BCUT2D eigenvalue weighted by Gasteiger charge is -2.28. The summed E-state index contributed by atoms with van der Waals surface area (Å²) in [5, 5.41) is 9.09. The number of hydrogen-bond donors (Lipinski definition) is 3. The van der Waals surface area contributed by atoms with E-state index in [0.717, 1.165) is 80.8 Å². The summed E-state index contributed by atoms with van der Waals surface area (Å²) in [5.41, 5.74) is 14.0. The molecule has 4 aromatic heterocycles. The molecule has 0 atom stereocenters. The molecule has 10 rings (SSSR count). The number of nitrogens with zero attached hydrogens (tertiary/aromatic N) is 8. The number of nitrogens with two attached hydrogens (primary N) is 1. The van der Waals surface area contributed by atoms with Crippen molar-refractivity contribution in [1.82, 2.24) is 36.1 Å². The third-order valence-electron chi connectivity index (χ3n) is 10.6. The van der Waals surface area contributed by atoms with Gasteiger partial charge in [0.1, 0.15) is 11.5 Å². The van der Waals surface area contributed by atoms with Crippen LogP contribution in [0, 0.1) is 0 Å². The Morgan fingerprint density at radius 2 is 0.924 bits per heavy atom. The number of halogens is 1. The van der Waals surface area contributed by atoms with Crippen LogP contribution < -0.4 is 31.2 Å². The number of aromatic nitrogens is 6. The highest BCUT2D eigenvalue weighted by Crippen LogP contribution is 2.33. The van der Waals surface area contributed by atoms with Crippen LogP contribution in [0.25, 0.3) is 44.6 Å². The first-order chi connectivity index (χ1) is 31.3. The average Bonchev–Trinajstić information content (AvgIpc) is 3.35. The quantitative estimate of drug-likeness (QED) is 0.118. The number of morpholine rings is 2. The van der Waals surface area contributed by atoms with Crippen LogP contribution in [0.2, 0.25) is 0 Å². The summed E-state index contributed by atoms with van der Waals surface area (Å²) in [6.45, 7) is 6.48. The number of carbonyl (C=O) groups is 2. The van der Waals surface area contributed by atoms with Crippen molar-refractivity contribution < 1.29 is 33.6 Å². The zero-order valence-corrected chi connectivity index (χ0v) is 36.3. The lowest BCUT2D eigenvalue weighted by molar-refractivity contribution is 0.0696. The molecule has 4 aromatic carbocycles. The van der Waals surface area contributed by atoms with Crippen molar-refractivity contribution in [3.05, 3.63) is 145 Å². The zero-order valence-electron chi connectivity index (χ0n) is 35.5. The molecule has 2 aliphatic heterocycles. The monoisotopic (exact) mass is 908 g/mol. The topological polar surface area (TPSA) is 236 Å². The number of primary amides is 1. The van der Waals surface area contributed by atoms with Gasteiger partial charge < -0.3 is 45.7 Å². The molecule has 6 heterocycles. The van der Waals surface area contributed by atoms with Crippen molar-refractivity contribution in [1.29, 1.82) is 0 Å². The number of benzene rings is 4. The highest BCUT2D eigenvalue weighted by atomic mass is 35.5. The number of carbonyl (C=O) groups excluding carboxylic acids is 1. The number of anilines is 2. The zero-order chi connectivity index (χ0) is 43.8. The van der Waals surface area contributed by atoms with E-state index in [9.17, 15) is 9.59 Å². The van der Waals surface area contributed by atoms with E-state index in [1.54, 1.807) is 61.2 Å². The third-order valence-corrected chi connectivity index (χ3v) is 10.6. The molecule has 6 N–H and O–H groups in total. The minimum Gasteiger partial charge on any atom is -0.478 e. The lowest BCUT2D eigenvalue weighted by Crippen LogP contribution is -2.36. The van der Waals surface area contributed by atoms with Crippen LogP contribution in [0.3, 0.4) is 0 Å². The van der Waals surface area contributed by atoms with Gasteiger partial charge in [-0.1, -0.05) is 24.3 Å². The second kappa shape index (κ2) is 21.2. The third kappa shape index (κ3) is 10.7. The van der Waals surface area contributed by atoms with Gasteiger partial charge in [0, 0.05) is 79.0 Å². The van der Waals surface area contributed by atoms with Crippen molar-refractivity contribution in [2.45, 2.75) is 0 Å². The van der Waals surface area contributed by atoms with Crippen molar-refractivity contribution in [2.75, 3.05) is 62.4 Å². The fourth-order valence-electron chi connectivity index (χ4n) is 7.23. The Hall–Kier alpha value is -7.83. The van der Waals surface area contributed by atoms with Crippen LogP contribution in [0.4, 0.5) is 11.4 Å². The van der Waals surface area contributed by atoms with Crippen molar-refractivity contribution >= 4 is 57.7 Å². The highest BCUT2D eigenvalue weighted by molar-refractivity contribution is 5.93. The number of amides is 1. The van der Waals surface area contributed by atoms with Crippen LogP contribution in [-0.2, 0) is 9.47 Å². The molecular weight excluding hydrogens is 864 g/mol. The molecule has 2 saturated heterocycles. The van der Waals surface area contributed by atoms with E-state index in [0.29, 0.717) is 56.6 Å². The normalized spacial score (nSPS) is 13.4. The highest BCUT2D eigenvalue weighted by Gasteiger charge is 2.17. The number of carboxylic acids is 1. The number of aromatic carboxylic acids is 1. The summed E-state index contributed by atoms with van der Waals surface area (Å²) >= 11 is 0. The maximum absolute atomic E-state index is 11.3. The molecule has 1 amide bonds. The smallest absolute Gasteiger partial charge is 0.335 e. The molecule has 0 spiro atoms. The maximum Gasteiger partial charge on any atom is 0.335 e. The molecule has 336 valence electrons. The van der Waals surface area contributed by atoms with Gasteiger partial charge >= 0.3 is 5.97 Å². The largest absolute Gasteiger partial charge is 0.478 e. The summed E-state index contributed by atoms with van der Waals surface area (Å²) in [5.74, 6) is 0.158. The molecule has 17 nitrogen and oxygen atoms in total. The molecular formula is C48H45ClN10O7. The summed E-state index contributed by atoms with van der Waals surface area (Å²) in [6.07, 6.45) is 6.45. The lowest BCUT2D eigenvalue weighted by atomic mass is 10.1. The Labute approximate surface area is 385 Å². The molecule has 18 heteroatoms. The Kier molecular flexibility index (Phi) is 14.9. The number of fused-ring (bicyclic) bond motifs is 2. The van der Waals surface area contributed by atoms with Crippen LogP contribution in [0.5, 0.6) is 23.3 Å². The Balaban J connectivity index is 0.000000191. The Bertz CT molecular complexity index is 2720. The van der Waals surface area contributed by atoms with E-state index in [4.69, 9.17) is 39.8 Å². The first kappa shape index (κ1) is 46.2. The van der Waals surface area contributed by atoms with Gasteiger partial charge in [0.15, 0.2) is 11.0 Å². The molecule has 0 aliphatic carbocycles. The number of pyridine rings is 2. The van der Waals surface area contributed by atoms with Gasteiger partial charge in [-0.2, -0.15) is 0 Å². The summed E-state index contributed by atoms with van der Waals surface area (Å²) in [7, 11) is 0. The average molecular weight is 909 g/mol. The van der Waals surface area contributed by atoms with E-state index in [-0.39, 0.29) is 24.1 Å². The summed E-state index contributed by atoms with van der Waals surface area (Å²) in [4.78, 5) is 54.0. The Morgan fingerprint density at radius 3 is 1.30 bits per heavy atom. The first-order valence-corrected chi connectivity index (χ1v) is 20.5. The molecule has 0 bridgehead atoms. The number of carboxylic acid groups (broad SMARTS) is 1. The van der Waals surface area contributed by atoms with Gasteiger partial charge in [0.25, 0.3) is 0 Å². The van der Waals surface area contributed by atoms with E-state index in [2.05, 4.69) is 54.0 Å². The minimum absolute atomic E-state index is 0. The first-order valence-electron chi connectivity index (χ1n) is 20.5. The van der Waals surface area contributed by atoms with Crippen LogP contribution in [0.1, 0.15) is 20.7 Å². The van der Waals surface area contributed by atoms with Gasteiger partial charge in [-0.3, -0.25) is 14.8 Å². The van der Waals surface area contributed by atoms with Gasteiger partial charge in [0.2, 0.25) is 17.7 Å². The molecule has 2 fully saturated rings. The van der Waals surface area contributed by atoms with Gasteiger partial charge in [-0.25, -0.2) is 24.7 Å². The minimum atomic E-state index is -0.992. The Morgan fingerprint density at radius 1 is 0.545 bits per heavy atom. The molecule has 66 heavy (non-hydrogen) atoms. The van der Waals surface area contributed by atoms with E-state index < -0.39 is 11.9 Å². The number of hydrogen-bond acceptors (Lipinski definition) is 15. The maximum atomic E-state index is 11.3. The van der Waals surface area contributed by atoms with Crippen molar-refractivity contribution in [3.63, 3.8) is 0 Å². The predicted octanol–water partition coefficient (Wildman–Crippen LogP) is 8.02. The standard InChI is InChI=1S/C24H21N5O3.C24H20N4O4.ClH.H3N/c25-23(30)17-3-7-19(8-4-17)32-24-22-21(26-9-10-27-22)15-20(28-24)16-1-5-18(6-2-16)29-11-13-31-14-12-29;29-24(30)17-3-7-19(8-4-17)32-23-22-21(25-9-10-26-22)15-20(27-23)16-1-5-18(6-2-16)28-11-13-31-14-12-28;;/h1-10,15H,11-14H2,(H2,25,30);1-10,15H,11-14H2,(H,29,30);1H;1H3. The molecule has 0 unspecified atom stereocenters. The number of rotatable bonds is 10. The van der Waals surface area contributed by atoms with Crippen LogP contribution >= 0.6 is 12.4 Å². The summed E-state index contributed by atoms with van der Waals surface area (Å²) in [6, 6.07) is 33.0. The second-order valence-electron chi connectivity index (χ2n) is 14.7. The predicted molar refractivity (Wildman–Crippen MR) is 252 cm³/mol. The molecule has 0 saturated carbocycles. The van der Waals surface area contributed by atoms with E-state index >= 15 is 0 Å². The van der Waals surface area contributed by atoms with Gasteiger partial charge in [0.05, 0.1) is 54.4 Å². The van der Waals surface area contributed by atoms with Crippen LogP contribution in [-0.4, -0.2) is 99.5 Å². The SMILES string of the molecule is Cl.N.NC(=O)c1ccc(Oc2nc(-c3ccc(N4CCOCC4)cc3)cc3nccnc23)cc1.O=C(O)c1ccc(Oc2nc(-c3ccc(N4CCOCC4)cc3)cc3nccnc23)cc1.